The fourth-order valence-electron chi connectivity index (χ4n) is 2.27. The Morgan fingerprint density at radius 3 is 2.40 bits per heavy atom. The smallest absolute Gasteiger partial charge is 0.306 e. The van der Waals surface area contributed by atoms with E-state index in [0.29, 0.717) is 19.5 Å². The van der Waals surface area contributed by atoms with Gasteiger partial charge in [0, 0.05) is 25.4 Å². The standard InChI is InChI=1S/C14H24N2O4/c1-10(14(19)20)6-8-15-12(17)7-9-16-13(18)11-4-2-3-5-11/h10-11H,2-9H2,1H3,(H,15,17)(H,16,18)(H,19,20). The van der Waals surface area contributed by atoms with Crippen LogP contribution in [0, 0.1) is 11.8 Å². The van der Waals surface area contributed by atoms with E-state index in [1.165, 1.54) is 0 Å². The normalized spacial score (nSPS) is 16.6. The number of carbonyl (C=O) groups excluding carboxylic acids is 2. The van der Waals surface area contributed by atoms with E-state index in [-0.39, 0.29) is 24.2 Å². The van der Waals surface area contributed by atoms with Crippen LogP contribution in [0.2, 0.25) is 0 Å². The Bertz CT molecular complexity index is 351. The summed E-state index contributed by atoms with van der Waals surface area (Å²) in [7, 11) is 0. The number of carboxylic acids is 1. The van der Waals surface area contributed by atoms with Crippen LogP contribution >= 0.6 is 0 Å². The molecule has 1 saturated carbocycles. The van der Waals surface area contributed by atoms with Crippen LogP contribution in [-0.2, 0) is 14.4 Å². The highest BCUT2D eigenvalue weighted by atomic mass is 16.4. The zero-order valence-corrected chi connectivity index (χ0v) is 12.0. The van der Waals surface area contributed by atoms with Crippen LogP contribution in [0.4, 0.5) is 0 Å². The molecule has 0 radical (unpaired) electrons. The van der Waals surface area contributed by atoms with Crippen molar-refractivity contribution in [2.24, 2.45) is 11.8 Å². The summed E-state index contributed by atoms with van der Waals surface area (Å²) < 4.78 is 0. The van der Waals surface area contributed by atoms with Gasteiger partial charge in [-0.25, -0.2) is 0 Å². The summed E-state index contributed by atoms with van der Waals surface area (Å²) in [4.78, 5) is 33.8. The molecule has 114 valence electrons. The van der Waals surface area contributed by atoms with Crippen LogP contribution in [0.15, 0.2) is 0 Å². The van der Waals surface area contributed by atoms with Crippen molar-refractivity contribution in [1.29, 1.82) is 0 Å². The highest BCUT2D eigenvalue weighted by Crippen LogP contribution is 2.24. The predicted octanol–water partition coefficient (Wildman–Crippen LogP) is 0.910. The first-order chi connectivity index (χ1) is 9.50. The molecule has 0 aromatic rings. The molecule has 0 bridgehead atoms. The summed E-state index contributed by atoms with van der Waals surface area (Å²) in [5.74, 6) is -1.31. The van der Waals surface area contributed by atoms with Crippen LogP contribution in [-0.4, -0.2) is 36.0 Å². The molecule has 6 nitrogen and oxygen atoms in total. The van der Waals surface area contributed by atoms with Gasteiger partial charge in [0.1, 0.15) is 0 Å². The van der Waals surface area contributed by atoms with Gasteiger partial charge >= 0.3 is 5.97 Å². The molecule has 6 heteroatoms. The number of hydrogen-bond acceptors (Lipinski definition) is 3. The van der Waals surface area contributed by atoms with Gasteiger partial charge in [-0.3, -0.25) is 14.4 Å². The van der Waals surface area contributed by atoms with Gasteiger partial charge in [-0.05, 0) is 19.3 Å². The molecule has 1 fully saturated rings. The van der Waals surface area contributed by atoms with Gasteiger partial charge in [0.2, 0.25) is 11.8 Å². The third-order valence-corrected chi connectivity index (χ3v) is 3.70. The van der Waals surface area contributed by atoms with Crippen LogP contribution in [0.5, 0.6) is 0 Å². The number of rotatable bonds is 8. The van der Waals surface area contributed by atoms with Crippen LogP contribution in [0.3, 0.4) is 0 Å². The van der Waals surface area contributed by atoms with Gasteiger partial charge in [-0.2, -0.15) is 0 Å². The first-order valence-electron chi connectivity index (χ1n) is 7.28. The maximum atomic E-state index is 11.7. The predicted molar refractivity (Wildman–Crippen MR) is 74.0 cm³/mol. The van der Waals surface area contributed by atoms with E-state index in [2.05, 4.69) is 10.6 Å². The van der Waals surface area contributed by atoms with Gasteiger partial charge in [0.25, 0.3) is 0 Å². The number of hydrogen-bond donors (Lipinski definition) is 3. The van der Waals surface area contributed by atoms with E-state index in [1.807, 2.05) is 0 Å². The molecule has 3 N–H and O–H groups in total. The molecule has 0 spiro atoms. The van der Waals surface area contributed by atoms with E-state index in [1.54, 1.807) is 6.92 Å². The Kier molecular flexibility index (Phi) is 7.04. The summed E-state index contributed by atoms with van der Waals surface area (Å²) in [5, 5.41) is 14.1. The highest BCUT2D eigenvalue weighted by molar-refractivity contribution is 5.80. The van der Waals surface area contributed by atoms with Crippen molar-refractivity contribution in [2.45, 2.75) is 45.4 Å². The fraction of sp³-hybridized carbons (Fsp3) is 0.786. The minimum absolute atomic E-state index is 0.0507. The molecule has 0 aliphatic heterocycles. The zero-order valence-electron chi connectivity index (χ0n) is 12.0. The Hall–Kier alpha value is -1.59. The first-order valence-corrected chi connectivity index (χ1v) is 7.28. The number of carboxylic acid groups (broad SMARTS) is 1. The third kappa shape index (κ3) is 6.04. The lowest BCUT2D eigenvalue weighted by molar-refractivity contribution is -0.141. The molecule has 0 saturated heterocycles. The summed E-state index contributed by atoms with van der Waals surface area (Å²) in [6.07, 6.45) is 4.77. The summed E-state index contributed by atoms with van der Waals surface area (Å²) >= 11 is 0. The Morgan fingerprint density at radius 2 is 1.80 bits per heavy atom. The molecule has 1 aliphatic rings. The van der Waals surface area contributed by atoms with Gasteiger partial charge in [0.15, 0.2) is 0 Å². The zero-order chi connectivity index (χ0) is 15.0. The summed E-state index contributed by atoms with van der Waals surface area (Å²) in [6.45, 7) is 2.30. The average Bonchev–Trinajstić information content (AvgIpc) is 2.92. The Labute approximate surface area is 119 Å². The van der Waals surface area contributed by atoms with Crippen LogP contribution in [0.1, 0.15) is 45.4 Å². The van der Waals surface area contributed by atoms with E-state index in [9.17, 15) is 14.4 Å². The molecule has 1 unspecified atom stereocenters. The van der Waals surface area contributed by atoms with Gasteiger partial charge < -0.3 is 15.7 Å². The number of carbonyl (C=O) groups is 3. The lowest BCUT2D eigenvalue weighted by atomic mass is 10.1. The summed E-state index contributed by atoms with van der Waals surface area (Å²) in [6, 6.07) is 0. The highest BCUT2D eigenvalue weighted by Gasteiger charge is 2.22. The molecule has 0 heterocycles. The van der Waals surface area contributed by atoms with Crippen LogP contribution in [0.25, 0.3) is 0 Å². The summed E-state index contributed by atoms with van der Waals surface area (Å²) in [5.41, 5.74) is 0. The third-order valence-electron chi connectivity index (χ3n) is 3.70. The van der Waals surface area contributed by atoms with E-state index in [0.717, 1.165) is 25.7 Å². The van der Waals surface area contributed by atoms with E-state index < -0.39 is 11.9 Å². The maximum absolute atomic E-state index is 11.7. The lowest BCUT2D eigenvalue weighted by Gasteiger charge is -2.11. The Balaban J connectivity index is 2.05. The minimum Gasteiger partial charge on any atom is -0.481 e. The van der Waals surface area contributed by atoms with Crippen molar-refractivity contribution in [3.8, 4) is 0 Å². The molecule has 1 aliphatic carbocycles. The number of aliphatic carboxylic acids is 1. The van der Waals surface area contributed by atoms with Gasteiger partial charge in [-0.1, -0.05) is 19.8 Å². The Morgan fingerprint density at radius 1 is 1.15 bits per heavy atom. The molecule has 20 heavy (non-hydrogen) atoms. The molecule has 1 rings (SSSR count). The second-order valence-electron chi connectivity index (χ2n) is 5.40. The molecule has 0 aromatic carbocycles. The van der Waals surface area contributed by atoms with E-state index >= 15 is 0 Å². The van der Waals surface area contributed by atoms with Gasteiger partial charge in [-0.15, -0.1) is 0 Å². The number of nitrogens with one attached hydrogen (secondary N) is 2. The maximum Gasteiger partial charge on any atom is 0.306 e. The van der Waals surface area contributed by atoms with Crippen molar-refractivity contribution >= 4 is 17.8 Å². The van der Waals surface area contributed by atoms with Crippen molar-refractivity contribution in [3.63, 3.8) is 0 Å². The first kappa shape index (κ1) is 16.5. The molecule has 2 amide bonds. The molecule has 0 aromatic heterocycles. The van der Waals surface area contributed by atoms with E-state index in [4.69, 9.17) is 5.11 Å². The lowest BCUT2D eigenvalue weighted by Crippen LogP contribution is -2.34. The largest absolute Gasteiger partial charge is 0.481 e. The molecular weight excluding hydrogens is 260 g/mol. The number of amides is 2. The van der Waals surface area contributed by atoms with Crippen molar-refractivity contribution < 1.29 is 19.5 Å². The van der Waals surface area contributed by atoms with Crippen LogP contribution < -0.4 is 10.6 Å². The quantitative estimate of drug-likeness (QED) is 0.617. The average molecular weight is 284 g/mol. The second-order valence-corrected chi connectivity index (χ2v) is 5.40. The topological polar surface area (TPSA) is 95.5 Å². The van der Waals surface area contributed by atoms with Crippen molar-refractivity contribution in [2.75, 3.05) is 13.1 Å². The minimum atomic E-state index is -0.858. The fourth-order valence-corrected chi connectivity index (χ4v) is 2.27. The SMILES string of the molecule is CC(CCNC(=O)CCNC(=O)C1CCCC1)C(=O)O. The van der Waals surface area contributed by atoms with Crippen molar-refractivity contribution in [3.05, 3.63) is 0 Å². The monoisotopic (exact) mass is 284 g/mol. The molecular formula is C14H24N2O4. The van der Waals surface area contributed by atoms with Crippen molar-refractivity contribution in [1.82, 2.24) is 10.6 Å². The van der Waals surface area contributed by atoms with Gasteiger partial charge in [0.05, 0.1) is 5.92 Å². The second kappa shape index (κ2) is 8.55. The molecule has 1 atom stereocenters.